The van der Waals surface area contributed by atoms with Crippen LogP contribution in [-0.2, 0) is 16.1 Å². The Morgan fingerprint density at radius 2 is 1.59 bits per heavy atom. The van der Waals surface area contributed by atoms with Crippen LogP contribution in [0.5, 0.6) is 0 Å². The molecule has 9 heteroatoms. The number of carbonyl (C=O) groups is 2. The van der Waals surface area contributed by atoms with Crippen LogP contribution in [0.25, 0.3) is 0 Å². The number of amides is 2. The Morgan fingerprint density at radius 3 is 2.14 bits per heavy atom. The van der Waals surface area contributed by atoms with Gasteiger partial charge < -0.3 is 15.1 Å². The van der Waals surface area contributed by atoms with Crippen LogP contribution in [0, 0.1) is 13.8 Å². The number of aryl methyl sites for hydroxylation is 2. The van der Waals surface area contributed by atoms with Gasteiger partial charge in [-0.3, -0.25) is 9.59 Å². The molecule has 0 spiro atoms. The van der Waals surface area contributed by atoms with Crippen LogP contribution in [0.15, 0.2) is 59.8 Å². The highest BCUT2D eigenvalue weighted by molar-refractivity contribution is 7.99. The van der Waals surface area contributed by atoms with Gasteiger partial charge in [0.1, 0.15) is 5.54 Å². The molecule has 1 atom stereocenters. The first-order valence-corrected chi connectivity index (χ1v) is 13.5. The standard InChI is InChI=1S/C28H34ClN5O2S/c1-7-28(4,26(36)32-23-12-14-24(15-13-23)33(5)6)34(17-21-8-10-22(29)11-9-21)25(35)18-37-27-30-19(2)16-20(3)31-27/h8-16H,7,17-18H2,1-6H3,(H,32,36). The minimum Gasteiger partial charge on any atom is -0.378 e. The Morgan fingerprint density at radius 1 is 1.00 bits per heavy atom. The SMILES string of the molecule is CCC(C)(C(=O)Nc1ccc(N(C)C)cc1)N(Cc1ccc(Cl)cc1)C(=O)CSc1nc(C)cc(C)n1. The molecule has 0 fully saturated rings. The van der Waals surface area contributed by atoms with E-state index < -0.39 is 5.54 Å². The molecule has 0 aliphatic rings. The Hall–Kier alpha value is -3.10. The minimum atomic E-state index is -1.10. The van der Waals surface area contributed by atoms with Crippen molar-refractivity contribution in [3.05, 3.63) is 76.6 Å². The Labute approximate surface area is 228 Å². The predicted octanol–water partition coefficient (Wildman–Crippen LogP) is 5.74. The smallest absolute Gasteiger partial charge is 0.250 e. The topological polar surface area (TPSA) is 78.4 Å². The Bertz CT molecular complexity index is 1210. The molecule has 0 bridgehead atoms. The number of hydrogen-bond acceptors (Lipinski definition) is 6. The number of halogens is 1. The highest BCUT2D eigenvalue weighted by Crippen LogP contribution is 2.28. The lowest BCUT2D eigenvalue weighted by Crippen LogP contribution is -2.57. The van der Waals surface area contributed by atoms with Gasteiger partial charge in [-0.2, -0.15) is 0 Å². The normalized spacial score (nSPS) is 12.5. The molecule has 1 unspecified atom stereocenters. The van der Waals surface area contributed by atoms with Crippen LogP contribution in [0.3, 0.4) is 0 Å². The molecular formula is C28H34ClN5O2S. The summed E-state index contributed by atoms with van der Waals surface area (Å²) in [5.74, 6) is -0.315. The van der Waals surface area contributed by atoms with E-state index in [1.807, 2.05) is 89.2 Å². The third kappa shape index (κ3) is 7.46. The highest BCUT2D eigenvalue weighted by atomic mass is 35.5. The molecule has 3 rings (SSSR count). The molecule has 3 aromatic rings. The fourth-order valence-electron chi connectivity index (χ4n) is 3.86. The van der Waals surface area contributed by atoms with Crippen molar-refractivity contribution in [3.63, 3.8) is 0 Å². The summed E-state index contributed by atoms with van der Waals surface area (Å²) in [6, 6.07) is 16.8. The van der Waals surface area contributed by atoms with Crippen LogP contribution in [0.4, 0.5) is 11.4 Å². The van der Waals surface area contributed by atoms with E-state index in [-0.39, 0.29) is 24.1 Å². The van der Waals surface area contributed by atoms with Crippen LogP contribution >= 0.6 is 23.4 Å². The first-order valence-electron chi connectivity index (χ1n) is 12.1. The van der Waals surface area contributed by atoms with Crippen molar-refractivity contribution in [2.45, 2.75) is 51.4 Å². The van der Waals surface area contributed by atoms with Crippen molar-refractivity contribution in [2.24, 2.45) is 0 Å². The summed E-state index contributed by atoms with van der Waals surface area (Å²) in [4.78, 5) is 39.9. The lowest BCUT2D eigenvalue weighted by molar-refractivity contribution is -0.143. The fraction of sp³-hybridized carbons (Fsp3) is 0.357. The van der Waals surface area contributed by atoms with Crippen LogP contribution < -0.4 is 10.2 Å². The van der Waals surface area contributed by atoms with Gasteiger partial charge in [-0.05, 0) is 75.2 Å². The predicted molar refractivity (Wildman–Crippen MR) is 152 cm³/mol. The number of benzene rings is 2. The van der Waals surface area contributed by atoms with Crippen molar-refractivity contribution in [3.8, 4) is 0 Å². The zero-order chi connectivity index (χ0) is 27.2. The second-order valence-electron chi connectivity index (χ2n) is 9.35. The quantitative estimate of drug-likeness (QED) is 0.261. The third-order valence-electron chi connectivity index (χ3n) is 6.26. The molecule has 1 heterocycles. The number of carbonyl (C=O) groups excluding carboxylic acids is 2. The van der Waals surface area contributed by atoms with Gasteiger partial charge in [-0.1, -0.05) is 42.4 Å². The van der Waals surface area contributed by atoms with Crippen molar-refractivity contribution in [1.29, 1.82) is 0 Å². The average Bonchev–Trinajstić information content (AvgIpc) is 2.86. The summed E-state index contributed by atoms with van der Waals surface area (Å²) < 4.78 is 0. The van der Waals surface area contributed by atoms with Gasteiger partial charge in [0.15, 0.2) is 5.16 Å². The molecule has 7 nitrogen and oxygen atoms in total. The van der Waals surface area contributed by atoms with E-state index in [2.05, 4.69) is 15.3 Å². The molecular weight excluding hydrogens is 506 g/mol. The summed E-state index contributed by atoms with van der Waals surface area (Å²) >= 11 is 7.35. The number of rotatable bonds is 10. The molecule has 0 saturated heterocycles. The van der Waals surface area contributed by atoms with E-state index in [1.165, 1.54) is 11.8 Å². The maximum absolute atomic E-state index is 13.7. The van der Waals surface area contributed by atoms with Gasteiger partial charge in [0.05, 0.1) is 5.75 Å². The van der Waals surface area contributed by atoms with Gasteiger partial charge in [0.2, 0.25) is 11.8 Å². The van der Waals surface area contributed by atoms with Crippen molar-refractivity contribution >= 4 is 46.6 Å². The summed E-state index contributed by atoms with van der Waals surface area (Å²) in [6.07, 6.45) is 0.429. The van der Waals surface area contributed by atoms with Gasteiger partial charge in [-0.15, -0.1) is 0 Å². The van der Waals surface area contributed by atoms with E-state index in [9.17, 15) is 9.59 Å². The third-order valence-corrected chi connectivity index (χ3v) is 7.34. The monoisotopic (exact) mass is 539 g/mol. The number of nitrogens with one attached hydrogen (secondary N) is 1. The first kappa shape index (κ1) is 28.5. The van der Waals surface area contributed by atoms with Crippen molar-refractivity contribution in [1.82, 2.24) is 14.9 Å². The van der Waals surface area contributed by atoms with E-state index in [1.54, 1.807) is 17.0 Å². The number of aromatic nitrogens is 2. The van der Waals surface area contributed by atoms with E-state index in [0.29, 0.717) is 22.3 Å². The number of thioether (sulfide) groups is 1. The van der Waals surface area contributed by atoms with Gasteiger partial charge in [0, 0.05) is 48.4 Å². The molecule has 0 saturated carbocycles. The van der Waals surface area contributed by atoms with E-state index >= 15 is 0 Å². The molecule has 196 valence electrons. The second-order valence-corrected chi connectivity index (χ2v) is 10.7. The van der Waals surface area contributed by atoms with E-state index in [4.69, 9.17) is 11.6 Å². The Balaban J connectivity index is 1.87. The maximum Gasteiger partial charge on any atom is 0.250 e. The average molecular weight is 540 g/mol. The molecule has 0 aliphatic carbocycles. The van der Waals surface area contributed by atoms with E-state index in [0.717, 1.165) is 22.6 Å². The molecule has 1 aromatic heterocycles. The number of nitrogens with zero attached hydrogens (tertiary/aromatic N) is 4. The van der Waals surface area contributed by atoms with Gasteiger partial charge in [-0.25, -0.2) is 9.97 Å². The van der Waals surface area contributed by atoms with Crippen molar-refractivity contribution in [2.75, 3.05) is 30.1 Å². The fourth-order valence-corrected chi connectivity index (χ4v) is 4.81. The van der Waals surface area contributed by atoms with Gasteiger partial charge >= 0.3 is 0 Å². The van der Waals surface area contributed by atoms with Crippen LogP contribution in [-0.4, -0.2) is 52.1 Å². The first-order chi connectivity index (χ1) is 17.5. The molecule has 1 N–H and O–H groups in total. The summed E-state index contributed by atoms with van der Waals surface area (Å²) in [7, 11) is 3.92. The van der Waals surface area contributed by atoms with Crippen LogP contribution in [0.1, 0.15) is 37.2 Å². The lowest BCUT2D eigenvalue weighted by atomic mass is 9.93. The number of anilines is 2. The lowest BCUT2D eigenvalue weighted by Gasteiger charge is -2.39. The van der Waals surface area contributed by atoms with Gasteiger partial charge in [0.25, 0.3) is 0 Å². The summed E-state index contributed by atoms with van der Waals surface area (Å²) in [5.41, 5.74) is 3.18. The molecule has 2 amide bonds. The molecule has 37 heavy (non-hydrogen) atoms. The van der Waals surface area contributed by atoms with Crippen LogP contribution in [0.2, 0.25) is 5.02 Å². The summed E-state index contributed by atoms with van der Waals surface area (Å²) in [5, 5.41) is 4.17. The minimum absolute atomic E-state index is 0.108. The largest absolute Gasteiger partial charge is 0.378 e. The zero-order valence-electron chi connectivity index (χ0n) is 22.2. The second kappa shape index (κ2) is 12.4. The number of hydrogen-bond donors (Lipinski definition) is 1. The van der Waals surface area contributed by atoms with Crippen molar-refractivity contribution < 1.29 is 9.59 Å². The highest BCUT2D eigenvalue weighted by Gasteiger charge is 2.40. The molecule has 2 aromatic carbocycles. The maximum atomic E-state index is 13.7. The summed E-state index contributed by atoms with van der Waals surface area (Å²) in [6.45, 7) is 7.79. The zero-order valence-corrected chi connectivity index (χ0v) is 23.8. The molecule has 0 aliphatic heterocycles. The Kier molecular flexibility index (Phi) is 9.56. The molecule has 0 radical (unpaired) electrons.